The average molecular weight is 320 g/mol. The van der Waals surface area contributed by atoms with E-state index < -0.39 is 25.9 Å². The highest BCUT2D eigenvalue weighted by Gasteiger charge is 2.21. The maximum absolute atomic E-state index is 12.2. The first kappa shape index (κ1) is 17.1. The summed E-state index contributed by atoms with van der Waals surface area (Å²) in [5.74, 6) is -0.244. The molecule has 6 nitrogen and oxygen atoms in total. The normalized spacial score (nSPS) is 14.2. The highest BCUT2D eigenvalue weighted by molar-refractivity contribution is 7.91. The number of hydrogen-bond donors (Lipinski definition) is 2. The molecule has 0 spiro atoms. The summed E-state index contributed by atoms with van der Waals surface area (Å²) in [6.07, 6.45) is 1.07. The van der Waals surface area contributed by atoms with Crippen LogP contribution in [0.2, 0.25) is 0 Å². The molecule has 1 aromatic rings. The van der Waals surface area contributed by atoms with Gasteiger partial charge in [-0.05, 0) is 31.0 Å². The lowest BCUT2D eigenvalue weighted by atomic mass is 10.1. The molecule has 8 heteroatoms. The van der Waals surface area contributed by atoms with Crippen molar-refractivity contribution in [1.29, 1.82) is 0 Å². The van der Waals surface area contributed by atoms with Gasteiger partial charge in [0.25, 0.3) is 0 Å². The van der Waals surface area contributed by atoms with E-state index in [0.29, 0.717) is 12.1 Å². The van der Waals surface area contributed by atoms with E-state index in [1.807, 2.05) is 0 Å². The Morgan fingerprint density at radius 3 is 2.30 bits per heavy atom. The van der Waals surface area contributed by atoms with Crippen molar-refractivity contribution in [2.45, 2.75) is 31.3 Å². The van der Waals surface area contributed by atoms with E-state index in [1.54, 1.807) is 19.1 Å². The van der Waals surface area contributed by atoms with Crippen LogP contribution in [-0.2, 0) is 26.4 Å². The Kier molecular flexibility index (Phi) is 5.31. The Hall–Kier alpha value is -0.960. The van der Waals surface area contributed by atoms with Crippen LogP contribution in [0.15, 0.2) is 23.1 Å². The Balaban J connectivity index is 3.00. The Bertz CT molecular complexity index is 681. The van der Waals surface area contributed by atoms with Gasteiger partial charge in [0.2, 0.25) is 10.0 Å². The molecule has 0 amide bonds. The molecule has 0 aromatic heterocycles. The van der Waals surface area contributed by atoms with Gasteiger partial charge < -0.3 is 5.73 Å². The van der Waals surface area contributed by atoms with Gasteiger partial charge in [-0.3, -0.25) is 0 Å². The summed E-state index contributed by atoms with van der Waals surface area (Å²) in [4.78, 5) is 0.134. The van der Waals surface area contributed by atoms with Crippen LogP contribution in [0.3, 0.4) is 0 Å². The molecule has 0 aliphatic carbocycles. The summed E-state index contributed by atoms with van der Waals surface area (Å²) in [5, 5.41) is 0. The lowest BCUT2D eigenvalue weighted by Gasteiger charge is -2.15. The lowest BCUT2D eigenvalue weighted by molar-refractivity contribution is 0.564. The molecule has 1 rings (SSSR count). The zero-order chi connectivity index (χ0) is 15.6. The molecule has 0 aliphatic rings. The maximum atomic E-state index is 12.2. The number of aryl methyl sites for hydroxylation is 1. The average Bonchev–Trinajstić information content (AvgIpc) is 2.24. The van der Waals surface area contributed by atoms with Crippen LogP contribution in [-0.4, -0.2) is 34.9 Å². The Morgan fingerprint density at radius 1 is 1.25 bits per heavy atom. The molecule has 0 radical (unpaired) electrons. The number of sulfone groups is 1. The molecule has 0 heterocycles. The van der Waals surface area contributed by atoms with Gasteiger partial charge in [0, 0.05) is 18.8 Å². The Labute approximate surface area is 120 Å². The quantitative estimate of drug-likeness (QED) is 0.777. The van der Waals surface area contributed by atoms with Gasteiger partial charge in [0.1, 0.15) is 9.84 Å². The molecule has 0 saturated heterocycles. The number of nitrogens with two attached hydrogens (primary N) is 1. The third kappa shape index (κ3) is 4.86. The maximum Gasteiger partial charge on any atom is 0.241 e. The van der Waals surface area contributed by atoms with Gasteiger partial charge in [-0.1, -0.05) is 12.1 Å². The first-order valence-corrected chi connectivity index (χ1v) is 9.59. The minimum absolute atomic E-state index is 0.134. The second-order valence-electron chi connectivity index (χ2n) is 4.92. The number of rotatable bonds is 6. The fourth-order valence-corrected chi connectivity index (χ4v) is 4.52. The zero-order valence-electron chi connectivity index (χ0n) is 11.8. The van der Waals surface area contributed by atoms with Gasteiger partial charge in [-0.25, -0.2) is 21.6 Å². The van der Waals surface area contributed by atoms with Crippen molar-refractivity contribution in [2.24, 2.45) is 5.73 Å². The van der Waals surface area contributed by atoms with Crippen molar-refractivity contribution in [3.05, 3.63) is 29.3 Å². The van der Waals surface area contributed by atoms with E-state index in [-0.39, 0.29) is 10.6 Å². The molecule has 0 bridgehead atoms. The molecule has 1 aromatic carbocycles. The van der Waals surface area contributed by atoms with E-state index in [2.05, 4.69) is 4.72 Å². The Morgan fingerprint density at radius 2 is 1.85 bits per heavy atom. The minimum Gasteiger partial charge on any atom is -0.326 e. The van der Waals surface area contributed by atoms with Gasteiger partial charge >= 0.3 is 0 Å². The first-order valence-electron chi connectivity index (χ1n) is 6.05. The summed E-state index contributed by atoms with van der Waals surface area (Å²) >= 11 is 0. The summed E-state index contributed by atoms with van der Waals surface area (Å²) in [5.41, 5.74) is 6.91. The summed E-state index contributed by atoms with van der Waals surface area (Å²) in [7, 11) is -6.99. The smallest absolute Gasteiger partial charge is 0.241 e. The molecule has 20 heavy (non-hydrogen) atoms. The fraction of sp³-hybridized carbons (Fsp3) is 0.500. The SMILES string of the molecule is Cc1cc(CN)ccc1S(=O)(=O)NC(C)CS(C)(=O)=O. The predicted molar refractivity (Wildman–Crippen MR) is 78.6 cm³/mol. The van der Waals surface area contributed by atoms with Crippen LogP contribution in [0.1, 0.15) is 18.1 Å². The lowest BCUT2D eigenvalue weighted by Crippen LogP contribution is -2.37. The van der Waals surface area contributed by atoms with Crippen molar-refractivity contribution >= 4 is 19.9 Å². The molecule has 0 fully saturated rings. The monoisotopic (exact) mass is 320 g/mol. The highest BCUT2D eigenvalue weighted by Crippen LogP contribution is 2.17. The number of hydrogen-bond acceptors (Lipinski definition) is 5. The topological polar surface area (TPSA) is 106 Å². The fourth-order valence-electron chi connectivity index (χ4n) is 1.96. The minimum atomic E-state index is -3.74. The second-order valence-corrected chi connectivity index (χ2v) is 8.79. The van der Waals surface area contributed by atoms with Crippen LogP contribution in [0.25, 0.3) is 0 Å². The third-order valence-electron chi connectivity index (χ3n) is 2.67. The molecule has 1 unspecified atom stereocenters. The van der Waals surface area contributed by atoms with E-state index in [4.69, 9.17) is 5.73 Å². The molecule has 1 atom stereocenters. The summed E-state index contributed by atoms with van der Waals surface area (Å²) in [6, 6.07) is 4.13. The van der Waals surface area contributed by atoms with Gasteiger partial charge in [-0.15, -0.1) is 0 Å². The largest absolute Gasteiger partial charge is 0.326 e. The van der Waals surface area contributed by atoms with E-state index in [9.17, 15) is 16.8 Å². The summed E-state index contributed by atoms with van der Waals surface area (Å²) in [6.45, 7) is 3.52. The zero-order valence-corrected chi connectivity index (χ0v) is 13.4. The molecule has 0 aliphatic heterocycles. The molecule has 114 valence electrons. The van der Waals surface area contributed by atoms with E-state index >= 15 is 0 Å². The number of nitrogens with one attached hydrogen (secondary N) is 1. The second kappa shape index (κ2) is 6.21. The standard InChI is InChI=1S/C12H20N2O4S2/c1-9-6-11(7-13)4-5-12(9)20(17,18)14-10(2)8-19(3,15)16/h4-6,10,14H,7-8,13H2,1-3H3. The van der Waals surface area contributed by atoms with Crippen LogP contribution in [0, 0.1) is 6.92 Å². The number of benzene rings is 1. The highest BCUT2D eigenvalue weighted by atomic mass is 32.2. The summed E-state index contributed by atoms with van der Waals surface area (Å²) < 4.78 is 49.1. The van der Waals surface area contributed by atoms with Gasteiger partial charge in [-0.2, -0.15) is 0 Å². The van der Waals surface area contributed by atoms with E-state index in [1.165, 1.54) is 13.0 Å². The van der Waals surface area contributed by atoms with Crippen LogP contribution in [0.4, 0.5) is 0 Å². The van der Waals surface area contributed by atoms with Crippen LogP contribution in [0.5, 0.6) is 0 Å². The van der Waals surface area contributed by atoms with Crippen LogP contribution < -0.4 is 10.5 Å². The van der Waals surface area contributed by atoms with Gasteiger partial charge in [0.15, 0.2) is 0 Å². The predicted octanol–water partition coefficient (Wildman–Crippen LogP) is 0.165. The molecular formula is C12H20N2O4S2. The van der Waals surface area contributed by atoms with Crippen molar-refractivity contribution in [3.8, 4) is 0 Å². The van der Waals surface area contributed by atoms with Crippen molar-refractivity contribution in [2.75, 3.05) is 12.0 Å². The number of sulfonamides is 1. The first-order chi connectivity index (χ1) is 9.05. The van der Waals surface area contributed by atoms with Crippen molar-refractivity contribution in [3.63, 3.8) is 0 Å². The third-order valence-corrected chi connectivity index (χ3v) is 5.53. The molecule has 0 saturated carbocycles. The van der Waals surface area contributed by atoms with E-state index in [0.717, 1.165) is 11.8 Å². The van der Waals surface area contributed by atoms with Gasteiger partial charge in [0.05, 0.1) is 10.6 Å². The molecule has 3 N–H and O–H groups in total. The van der Waals surface area contributed by atoms with Crippen LogP contribution >= 0.6 is 0 Å². The molecular weight excluding hydrogens is 300 g/mol. The van der Waals surface area contributed by atoms with Crippen molar-refractivity contribution < 1.29 is 16.8 Å². The van der Waals surface area contributed by atoms with Crippen molar-refractivity contribution in [1.82, 2.24) is 4.72 Å².